The molecular weight excluding hydrogens is 323 g/mol. The van der Waals surface area contributed by atoms with Crippen molar-refractivity contribution in [3.63, 3.8) is 0 Å². The molecule has 0 unspecified atom stereocenters. The number of ether oxygens (including phenoxy) is 2. The van der Waals surface area contributed by atoms with Gasteiger partial charge >= 0.3 is 0 Å². The first-order valence-corrected chi connectivity index (χ1v) is 7.38. The van der Waals surface area contributed by atoms with E-state index in [1.54, 1.807) is 24.3 Å². The van der Waals surface area contributed by atoms with Crippen LogP contribution < -0.4 is 20.1 Å². The van der Waals surface area contributed by atoms with Crippen LogP contribution in [0.4, 0.5) is 15.8 Å². The number of halogens is 2. The summed E-state index contributed by atoms with van der Waals surface area (Å²) in [5, 5.41) is 5.87. The van der Waals surface area contributed by atoms with Crippen LogP contribution in [0.3, 0.4) is 0 Å². The maximum atomic E-state index is 13.1. The minimum absolute atomic E-state index is 0.0196. The highest BCUT2D eigenvalue weighted by atomic mass is 35.5. The van der Waals surface area contributed by atoms with E-state index in [9.17, 15) is 9.18 Å². The molecule has 0 fully saturated rings. The molecule has 1 amide bonds. The largest absolute Gasteiger partial charge is 0.486 e. The molecule has 2 N–H and O–H groups in total. The molecular formula is C16H14ClFN2O3. The number of fused-ring (bicyclic) bond motifs is 1. The van der Waals surface area contributed by atoms with Gasteiger partial charge in [-0.05, 0) is 18.2 Å². The molecule has 0 saturated heterocycles. The van der Waals surface area contributed by atoms with Gasteiger partial charge in [-0.15, -0.1) is 0 Å². The predicted octanol–water partition coefficient (Wildman–Crippen LogP) is 3.30. The van der Waals surface area contributed by atoms with Crippen LogP contribution in [0.5, 0.6) is 11.5 Å². The summed E-state index contributed by atoms with van der Waals surface area (Å²) in [5.74, 6) is 0.407. The number of benzene rings is 2. The zero-order valence-electron chi connectivity index (χ0n) is 12.1. The van der Waals surface area contributed by atoms with Gasteiger partial charge in [0.2, 0.25) is 5.91 Å². The fourth-order valence-electron chi connectivity index (χ4n) is 2.13. The summed E-state index contributed by atoms with van der Waals surface area (Å²) >= 11 is 6.12. The van der Waals surface area contributed by atoms with Crippen LogP contribution in [0.2, 0.25) is 5.02 Å². The Bertz CT molecular complexity index is 739. The molecule has 1 heterocycles. The fourth-order valence-corrected chi connectivity index (χ4v) is 2.34. The van der Waals surface area contributed by atoms with Gasteiger partial charge in [0.15, 0.2) is 11.5 Å². The van der Waals surface area contributed by atoms with Crippen molar-refractivity contribution in [2.75, 3.05) is 30.4 Å². The molecule has 3 rings (SSSR count). The Morgan fingerprint density at radius 2 is 1.91 bits per heavy atom. The predicted molar refractivity (Wildman–Crippen MR) is 86.0 cm³/mol. The van der Waals surface area contributed by atoms with Crippen LogP contribution in [0.1, 0.15) is 0 Å². The minimum Gasteiger partial charge on any atom is -0.486 e. The quantitative estimate of drug-likeness (QED) is 0.899. The van der Waals surface area contributed by atoms with E-state index in [0.29, 0.717) is 41.1 Å². The molecule has 0 spiro atoms. The van der Waals surface area contributed by atoms with Crippen molar-refractivity contribution in [3.8, 4) is 11.5 Å². The normalized spacial score (nSPS) is 12.6. The lowest BCUT2D eigenvalue weighted by Gasteiger charge is -2.20. The first-order chi connectivity index (χ1) is 11.1. The van der Waals surface area contributed by atoms with Crippen molar-refractivity contribution >= 4 is 28.9 Å². The number of amides is 1. The summed E-state index contributed by atoms with van der Waals surface area (Å²) in [6.45, 7) is 0.893. The summed E-state index contributed by atoms with van der Waals surface area (Å²) < 4.78 is 23.9. The van der Waals surface area contributed by atoms with Gasteiger partial charge in [0.05, 0.1) is 17.3 Å². The summed E-state index contributed by atoms with van der Waals surface area (Å²) in [5.41, 5.74) is 0.954. The van der Waals surface area contributed by atoms with Crippen LogP contribution >= 0.6 is 11.6 Å². The highest BCUT2D eigenvalue weighted by Crippen LogP contribution is 2.37. The van der Waals surface area contributed by atoms with Gasteiger partial charge in [0.25, 0.3) is 0 Å². The van der Waals surface area contributed by atoms with Gasteiger partial charge in [0, 0.05) is 17.8 Å². The van der Waals surface area contributed by atoms with Gasteiger partial charge in [0.1, 0.15) is 19.0 Å². The molecule has 0 bridgehead atoms. The third-order valence-corrected chi connectivity index (χ3v) is 3.50. The van der Waals surface area contributed by atoms with Crippen molar-refractivity contribution < 1.29 is 18.7 Å². The van der Waals surface area contributed by atoms with Gasteiger partial charge in [-0.1, -0.05) is 17.7 Å². The standard InChI is InChI=1S/C16H14ClFN2O3/c17-12-7-14-15(23-5-4-22-14)8-13(12)20-16(21)9-19-11-3-1-2-10(18)6-11/h1-3,6-8,19H,4-5,9H2,(H,20,21). The van der Waals surface area contributed by atoms with Crippen molar-refractivity contribution in [2.24, 2.45) is 0 Å². The second-order valence-corrected chi connectivity index (χ2v) is 5.29. The Labute approximate surface area is 137 Å². The molecule has 0 atom stereocenters. The molecule has 0 saturated carbocycles. The molecule has 0 aromatic heterocycles. The highest BCUT2D eigenvalue weighted by molar-refractivity contribution is 6.34. The van der Waals surface area contributed by atoms with Crippen molar-refractivity contribution in [2.45, 2.75) is 0 Å². The lowest BCUT2D eigenvalue weighted by Crippen LogP contribution is -2.22. The Morgan fingerprint density at radius 1 is 1.17 bits per heavy atom. The molecule has 5 nitrogen and oxygen atoms in total. The zero-order chi connectivity index (χ0) is 16.2. The molecule has 2 aromatic carbocycles. The maximum absolute atomic E-state index is 13.1. The van der Waals surface area contributed by atoms with E-state index in [1.165, 1.54) is 12.1 Å². The van der Waals surface area contributed by atoms with E-state index in [1.807, 2.05) is 0 Å². The molecule has 2 aromatic rings. The maximum Gasteiger partial charge on any atom is 0.243 e. The van der Waals surface area contributed by atoms with E-state index >= 15 is 0 Å². The molecule has 0 radical (unpaired) electrons. The number of hydrogen-bond acceptors (Lipinski definition) is 4. The molecule has 1 aliphatic heterocycles. The topological polar surface area (TPSA) is 59.6 Å². The number of carbonyl (C=O) groups excluding carboxylic acids is 1. The third-order valence-electron chi connectivity index (χ3n) is 3.18. The Hall–Kier alpha value is -2.47. The SMILES string of the molecule is O=C(CNc1cccc(F)c1)Nc1cc2c(cc1Cl)OCCO2. The Morgan fingerprint density at radius 3 is 2.65 bits per heavy atom. The molecule has 23 heavy (non-hydrogen) atoms. The van der Waals surface area contributed by atoms with Crippen LogP contribution in [0, 0.1) is 5.82 Å². The molecule has 0 aliphatic carbocycles. The van der Waals surface area contributed by atoms with Gasteiger partial charge in [-0.3, -0.25) is 4.79 Å². The summed E-state index contributed by atoms with van der Waals surface area (Å²) in [7, 11) is 0. The summed E-state index contributed by atoms with van der Waals surface area (Å²) in [4.78, 5) is 12.0. The van der Waals surface area contributed by atoms with E-state index < -0.39 is 0 Å². The van der Waals surface area contributed by atoms with Crippen LogP contribution in [-0.4, -0.2) is 25.7 Å². The fraction of sp³-hybridized carbons (Fsp3) is 0.188. The minimum atomic E-state index is -0.370. The number of hydrogen-bond donors (Lipinski definition) is 2. The Kier molecular flexibility index (Phi) is 4.52. The van der Waals surface area contributed by atoms with Crippen LogP contribution in [0.25, 0.3) is 0 Å². The van der Waals surface area contributed by atoms with Crippen molar-refractivity contribution in [1.29, 1.82) is 0 Å². The lowest BCUT2D eigenvalue weighted by atomic mass is 10.2. The second kappa shape index (κ2) is 6.75. The lowest BCUT2D eigenvalue weighted by molar-refractivity contribution is -0.114. The first-order valence-electron chi connectivity index (χ1n) is 7.00. The summed E-state index contributed by atoms with van der Waals surface area (Å²) in [6, 6.07) is 9.10. The van der Waals surface area contributed by atoms with Gasteiger partial charge in [-0.2, -0.15) is 0 Å². The van der Waals surface area contributed by atoms with E-state index in [4.69, 9.17) is 21.1 Å². The average Bonchev–Trinajstić information content (AvgIpc) is 2.54. The van der Waals surface area contributed by atoms with Gasteiger partial charge < -0.3 is 20.1 Å². The number of anilines is 2. The molecule has 120 valence electrons. The number of nitrogens with one attached hydrogen (secondary N) is 2. The van der Waals surface area contributed by atoms with Gasteiger partial charge in [-0.25, -0.2) is 4.39 Å². The smallest absolute Gasteiger partial charge is 0.243 e. The summed E-state index contributed by atoms with van der Waals surface area (Å²) in [6.07, 6.45) is 0. The average molecular weight is 337 g/mol. The van der Waals surface area contributed by atoms with E-state index in [2.05, 4.69) is 10.6 Å². The number of carbonyl (C=O) groups is 1. The van der Waals surface area contributed by atoms with Crippen LogP contribution in [-0.2, 0) is 4.79 Å². The molecule has 1 aliphatic rings. The highest BCUT2D eigenvalue weighted by Gasteiger charge is 2.16. The first kappa shape index (κ1) is 15.4. The molecule has 7 heteroatoms. The van der Waals surface area contributed by atoms with E-state index in [0.717, 1.165) is 0 Å². The zero-order valence-corrected chi connectivity index (χ0v) is 12.8. The van der Waals surface area contributed by atoms with E-state index in [-0.39, 0.29) is 18.3 Å². The van der Waals surface area contributed by atoms with Crippen molar-refractivity contribution in [3.05, 3.63) is 47.2 Å². The van der Waals surface area contributed by atoms with Crippen LogP contribution in [0.15, 0.2) is 36.4 Å². The monoisotopic (exact) mass is 336 g/mol. The Balaban J connectivity index is 1.63. The third kappa shape index (κ3) is 3.84. The van der Waals surface area contributed by atoms with Crippen molar-refractivity contribution in [1.82, 2.24) is 0 Å². The second-order valence-electron chi connectivity index (χ2n) is 4.89. The number of rotatable bonds is 4.